The van der Waals surface area contributed by atoms with Crippen LogP contribution in [0.25, 0.3) is 10.9 Å². The number of piperidine rings is 1. The fraction of sp³-hybridized carbons (Fsp3) is 0.571. The van der Waals surface area contributed by atoms with Gasteiger partial charge in [0.2, 0.25) is 0 Å². The number of hydrogen-bond acceptors (Lipinski definition) is 4. The van der Waals surface area contributed by atoms with E-state index < -0.39 is 0 Å². The van der Waals surface area contributed by atoms with Gasteiger partial charge in [-0.3, -0.25) is 14.8 Å². The molecular formula is C21H29N3O. The van der Waals surface area contributed by atoms with E-state index in [-0.39, 0.29) is 0 Å². The van der Waals surface area contributed by atoms with Gasteiger partial charge < -0.3 is 4.74 Å². The Balaban J connectivity index is 1.35. The average molecular weight is 339 g/mol. The van der Waals surface area contributed by atoms with Gasteiger partial charge in [-0.05, 0) is 56.5 Å². The Morgan fingerprint density at radius 2 is 1.84 bits per heavy atom. The van der Waals surface area contributed by atoms with E-state index in [0.717, 1.165) is 44.3 Å². The van der Waals surface area contributed by atoms with E-state index in [0.29, 0.717) is 6.04 Å². The van der Waals surface area contributed by atoms with Gasteiger partial charge in [-0.25, -0.2) is 0 Å². The molecule has 2 aliphatic rings. The van der Waals surface area contributed by atoms with Crippen LogP contribution in [0.15, 0.2) is 36.5 Å². The number of nitrogens with zero attached hydrogens (tertiary/aromatic N) is 3. The van der Waals surface area contributed by atoms with E-state index in [1.54, 1.807) is 0 Å². The summed E-state index contributed by atoms with van der Waals surface area (Å²) in [5.41, 5.74) is 2.51. The predicted molar refractivity (Wildman–Crippen MR) is 102 cm³/mol. The number of benzene rings is 1. The van der Waals surface area contributed by atoms with Crippen LogP contribution in [0.1, 0.15) is 25.3 Å². The van der Waals surface area contributed by atoms with Crippen LogP contribution < -0.4 is 0 Å². The number of likely N-dealkylation sites (tertiary alicyclic amines) is 1. The number of pyridine rings is 1. The molecule has 0 aliphatic carbocycles. The van der Waals surface area contributed by atoms with Crippen molar-refractivity contribution in [2.24, 2.45) is 5.92 Å². The van der Waals surface area contributed by atoms with E-state index in [1.807, 2.05) is 6.20 Å². The summed E-state index contributed by atoms with van der Waals surface area (Å²) in [6, 6.07) is 11.4. The average Bonchev–Trinajstić information content (AvgIpc) is 2.69. The van der Waals surface area contributed by atoms with Gasteiger partial charge in [-0.1, -0.05) is 18.2 Å². The molecule has 0 N–H and O–H groups in total. The fourth-order valence-electron chi connectivity index (χ4n) is 4.41. The third-order valence-electron chi connectivity index (χ3n) is 6.07. The lowest BCUT2D eigenvalue weighted by atomic mass is 9.89. The highest BCUT2D eigenvalue weighted by Gasteiger charge is 2.28. The molecule has 0 radical (unpaired) electrons. The maximum absolute atomic E-state index is 5.50. The number of ether oxygens (including phenoxy) is 1. The number of fused-ring (bicyclic) bond motifs is 1. The number of rotatable bonds is 4. The Morgan fingerprint density at radius 3 is 2.64 bits per heavy atom. The Kier molecular flexibility index (Phi) is 5.30. The molecule has 134 valence electrons. The van der Waals surface area contributed by atoms with Crippen LogP contribution in [0.3, 0.4) is 0 Å². The molecule has 4 rings (SSSR count). The molecule has 0 unspecified atom stereocenters. The van der Waals surface area contributed by atoms with Crippen molar-refractivity contribution in [3.8, 4) is 0 Å². The minimum atomic E-state index is 0.688. The van der Waals surface area contributed by atoms with Gasteiger partial charge in [-0.15, -0.1) is 0 Å². The minimum absolute atomic E-state index is 0.688. The van der Waals surface area contributed by atoms with Crippen LogP contribution in [0.2, 0.25) is 0 Å². The molecule has 0 saturated carbocycles. The van der Waals surface area contributed by atoms with Gasteiger partial charge >= 0.3 is 0 Å². The Labute approximate surface area is 150 Å². The van der Waals surface area contributed by atoms with Gasteiger partial charge in [-0.2, -0.15) is 0 Å². The van der Waals surface area contributed by atoms with Crippen LogP contribution in [0, 0.1) is 5.92 Å². The predicted octanol–water partition coefficient (Wildman–Crippen LogP) is 3.17. The van der Waals surface area contributed by atoms with Crippen molar-refractivity contribution in [3.05, 3.63) is 42.1 Å². The molecule has 0 bridgehead atoms. The van der Waals surface area contributed by atoms with Crippen LogP contribution >= 0.6 is 0 Å². The summed E-state index contributed by atoms with van der Waals surface area (Å²) in [5, 5.41) is 1.30. The quantitative estimate of drug-likeness (QED) is 0.855. The highest BCUT2D eigenvalue weighted by atomic mass is 16.5. The first-order chi connectivity index (χ1) is 12.3. The Hall–Kier alpha value is -1.49. The third-order valence-corrected chi connectivity index (χ3v) is 6.07. The van der Waals surface area contributed by atoms with Crippen molar-refractivity contribution in [2.75, 3.05) is 39.4 Å². The topological polar surface area (TPSA) is 28.6 Å². The molecule has 1 aromatic carbocycles. The van der Waals surface area contributed by atoms with Crippen LogP contribution in [-0.2, 0) is 11.3 Å². The van der Waals surface area contributed by atoms with Crippen molar-refractivity contribution in [3.63, 3.8) is 0 Å². The van der Waals surface area contributed by atoms with Gasteiger partial charge in [0.05, 0.1) is 18.7 Å². The molecule has 1 atom stereocenters. The normalized spacial score (nSPS) is 22.3. The van der Waals surface area contributed by atoms with Crippen molar-refractivity contribution in [1.82, 2.24) is 14.8 Å². The molecule has 4 heteroatoms. The summed E-state index contributed by atoms with van der Waals surface area (Å²) in [6.45, 7) is 9.88. The standard InChI is InChI=1S/C21H29N3O/c1-17(24-12-14-25-15-13-24)18-7-10-23(11-8-18)16-19-6-9-22-21-5-3-2-4-20(19)21/h2-6,9,17-18H,7-8,10-16H2,1H3/t17-/m1/s1. The molecule has 3 heterocycles. The second kappa shape index (κ2) is 7.81. The first-order valence-corrected chi connectivity index (χ1v) is 9.68. The van der Waals surface area contributed by atoms with Gasteiger partial charge in [0.1, 0.15) is 0 Å². The molecule has 0 amide bonds. The van der Waals surface area contributed by atoms with E-state index in [4.69, 9.17) is 4.74 Å². The lowest BCUT2D eigenvalue weighted by molar-refractivity contribution is -0.00190. The highest BCUT2D eigenvalue weighted by Crippen LogP contribution is 2.26. The van der Waals surface area contributed by atoms with E-state index in [1.165, 1.54) is 36.9 Å². The third kappa shape index (κ3) is 3.86. The molecular weight excluding hydrogens is 310 g/mol. The van der Waals surface area contributed by atoms with Gasteiger partial charge in [0.15, 0.2) is 0 Å². The molecule has 1 aromatic heterocycles. The van der Waals surface area contributed by atoms with Crippen molar-refractivity contribution >= 4 is 10.9 Å². The smallest absolute Gasteiger partial charge is 0.0705 e. The monoisotopic (exact) mass is 339 g/mol. The maximum Gasteiger partial charge on any atom is 0.0705 e. The minimum Gasteiger partial charge on any atom is -0.379 e. The summed E-state index contributed by atoms with van der Waals surface area (Å²) in [4.78, 5) is 9.73. The maximum atomic E-state index is 5.50. The van der Waals surface area contributed by atoms with Crippen LogP contribution in [-0.4, -0.2) is 60.2 Å². The molecule has 4 nitrogen and oxygen atoms in total. The lowest BCUT2D eigenvalue weighted by Gasteiger charge is -2.41. The molecule has 2 fully saturated rings. The summed E-state index contributed by atoms with van der Waals surface area (Å²) < 4.78 is 5.50. The van der Waals surface area contributed by atoms with Crippen LogP contribution in [0.4, 0.5) is 0 Å². The van der Waals surface area contributed by atoms with Gasteiger partial charge in [0, 0.05) is 37.3 Å². The number of aromatic nitrogens is 1. The van der Waals surface area contributed by atoms with E-state index in [9.17, 15) is 0 Å². The summed E-state index contributed by atoms with van der Waals surface area (Å²) in [6.07, 6.45) is 4.56. The zero-order valence-corrected chi connectivity index (χ0v) is 15.2. The zero-order chi connectivity index (χ0) is 17.1. The Morgan fingerprint density at radius 1 is 1.08 bits per heavy atom. The van der Waals surface area contributed by atoms with Crippen molar-refractivity contribution in [1.29, 1.82) is 0 Å². The summed E-state index contributed by atoms with van der Waals surface area (Å²) >= 11 is 0. The lowest BCUT2D eigenvalue weighted by Crippen LogP contribution is -2.48. The molecule has 2 aliphatic heterocycles. The fourth-order valence-corrected chi connectivity index (χ4v) is 4.41. The number of hydrogen-bond donors (Lipinski definition) is 0. The van der Waals surface area contributed by atoms with E-state index >= 15 is 0 Å². The summed E-state index contributed by atoms with van der Waals surface area (Å²) in [5.74, 6) is 0.823. The Bertz CT molecular complexity index is 685. The zero-order valence-electron chi connectivity index (χ0n) is 15.2. The summed E-state index contributed by atoms with van der Waals surface area (Å²) in [7, 11) is 0. The van der Waals surface area contributed by atoms with Crippen LogP contribution in [0.5, 0.6) is 0 Å². The first kappa shape index (κ1) is 17.0. The second-order valence-corrected chi connectivity index (χ2v) is 7.49. The molecule has 25 heavy (non-hydrogen) atoms. The van der Waals surface area contributed by atoms with Crippen molar-refractivity contribution < 1.29 is 4.74 Å². The van der Waals surface area contributed by atoms with Gasteiger partial charge in [0.25, 0.3) is 0 Å². The highest BCUT2D eigenvalue weighted by molar-refractivity contribution is 5.81. The number of morpholine rings is 1. The number of para-hydroxylation sites is 1. The molecule has 2 saturated heterocycles. The SMILES string of the molecule is C[C@H](C1CCN(Cc2ccnc3ccccc23)CC1)N1CCOCC1. The molecule has 0 spiro atoms. The van der Waals surface area contributed by atoms with Crippen molar-refractivity contribution in [2.45, 2.75) is 32.4 Å². The molecule has 2 aromatic rings. The second-order valence-electron chi connectivity index (χ2n) is 7.49. The van der Waals surface area contributed by atoms with E-state index in [2.05, 4.69) is 52.0 Å². The largest absolute Gasteiger partial charge is 0.379 e. The first-order valence-electron chi connectivity index (χ1n) is 9.68.